The lowest BCUT2D eigenvalue weighted by Gasteiger charge is -2.44. The second-order valence-electron chi connectivity index (χ2n) is 12.3. The molecule has 2 aliphatic heterocycles. The van der Waals surface area contributed by atoms with Crippen molar-refractivity contribution in [1.29, 1.82) is 0 Å². The van der Waals surface area contributed by atoms with Gasteiger partial charge in [0.15, 0.2) is 17.1 Å². The van der Waals surface area contributed by atoms with Crippen LogP contribution in [0.5, 0.6) is 23.0 Å². The fourth-order valence-electron chi connectivity index (χ4n) is 7.34. The quantitative estimate of drug-likeness (QED) is 0.245. The highest BCUT2D eigenvalue weighted by Crippen LogP contribution is 2.48. The van der Waals surface area contributed by atoms with Crippen molar-refractivity contribution >= 4 is 39.3 Å². The lowest BCUT2D eigenvalue weighted by Crippen LogP contribution is -2.60. The Labute approximate surface area is 284 Å². The van der Waals surface area contributed by atoms with Crippen LogP contribution in [-0.2, 0) is 30.1 Å². The van der Waals surface area contributed by atoms with Crippen LogP contribution in [0, 0.1) is 0 Å². The minimum atomic E-state index is -1.12. The van der Waals surface area contributed by atoms with E-state index in [0.29, 0.717) is 5.56 Å². The lowest BCUT2D eigenvalue weighted by atomic mass is 9.81. The van der Waals surface area contributed by atoms with Crippen LogP contribution in [0.4, 0.5) is 0 Å². The molecular weight excluding hydrogens is 656 g/mol. The Balaban J connectivity index is 1.49. The number of methoxy groups -OCH3 is 5. The second-order valence-corrected chi connectivity index (χ2v) is 12.3. The van der Waals surface area contributed by atoms with Crippen molar-refractivity contribution in [3.8, 4) is 23.0 Å². The summed E-state index contributed by atoms with van der Waals surface area (Å²) in [6.07, 6.45) is -4.08. The Morgan fingerprint density at radius 2 is 1.44 bits per heavy atom. The number of carbonyl (C=O) groups is 3. The number of ketones is 2. The molecule has 1 aliphatic carbocycles. The second kappa shape index (κ2) is 12.4. The summed E-state index contributed by atoms with van der Waals surface area (Å²) in [5.74, 6) is -3.37. The van der Waals surface area contributed by atoms with E-state index in [9.17, 15) is 24.3 Å². The van der Waals surface area contributed by atoms with Crippen LogP contribution in [0.2, 0.25) is 0 Å². The average Bonchev–Trinajstić information content (AvgIpc) is 3.10. The van der Waals surface area contributed by atoms with E-state index in [0.717, 1.165) is 0 Å². The Bertz CT molecular complexity index is 2170. The zero-order chi connectivity index (χ0) is 35.8. The van der Waals surface area contributed by atoms with Gasteiger partial charge in [0.25, 0.3) is 0 Å². The molecule has 262 valence electrons. The maximum Gasteiger partial charge on any atom is 0.342 e. The molecule has 0 radical (unpaired) electrons. The van der Waals surface area contributed by atoms with Crippen LogP contribution in [0.3, 0.4) is 0 Å². The van der Waals surface area contributed by atoms with E-state index < -0.39 is 76.8 Å². The molecule has 50 heavy (non-hydrogen) atoms. The molecule has 14 nitrogen and oxygen atoms in total. The third-order valence-electron chi connectivity index (χ3n) is 9.59. The van der Waals surface area contributed by atoms with Crippen molar-refractivity contribution < 1.29 is 61.8 Å². The molecule has 1 unspecified atom stereocenters. The Morgan fingerprint density at radius 3 is 2.10 bits per heavy atom. The maximum atomic E-state index is 14.5. The van der Waals surface area contributed by atoms with Crippen molar-refractivity contribution in [3.63, 3.8) is 0 Å². The van der Waals surface area contributed by atoms with E-state index in [4.69, 9.17) is 42.3 Å². The van der Waals surface area contributed by atoms with Crippen LogP contribution < -0.4 is 19.6 Å². The molecule has 4 aromatic rings. The predicted molar refractivity (Wildman–Crippen MR) is 174 cm³/mol. The first-order chi connectivity index (χ1) is 24.0. The normalized spacial score (nSPS) is 24.4. The summed E-state index contributed by atoms with van der Waals surface area (Å²) >= 11 is 0. The van der Waals surface area contributed by atoms with Gasteiger partial charge in [0.1, 0.15) is 58.2 Å². The average molecular weight is 691 g/mol. The number of esters is 1. The lowest BCUT2D eigenvalue weighted by molar-refractivity contribution is -0.282. The summed E-state index contributed by atoms with van der Waals surface area (Å²) in [7, 11) is 7.19. The number of hydrogen-bond acceptors (Lipinski definition) is 14. The number of phenolic OH excluding ortho intramolecular Hbond substituents is 1. The third kappa shape index (κ3) is 4.70. The predicted octanol–water partition coefficient (Wildman–Crippen LogP) is 3.71. The van der Waals surface area contributed by atoms with Gasteiger partial charge in [-0.1, -0.05) is 0 Å². The van der Waals surface area contributed by atoms with E-state index in [1.807, 2.05) is 0 Å². The van der Waals surface area contributed by atoms with Gasteiger partial charge in [0.2, 0.25) is 23.3 Å². The Morgan fingerprint density at radius 1 is 0.760 bits per heavy atom. The highest BCUT2D eigenvalue weighted by atomic mass is 16.7. The van der Waals surface area contributed by atoms with Gasteiger partial charge in [-0.3, -0.25) is 14.4 Å². The van der Waals surface area contributed by atoms with Crippen LogP contribution in [0.15, 0.2) is 33.5 Å². The first kappa shape index (κ1) is 33.5. The van der Waals surface area contributed by atoms with Gasteiger partial charge in [-0.25, -0.2) is 4.79 Å². The van der Waals surface area contributed by atoms with Crippen molar-refractivity contribution in [1.82, 2.24) is 0 Å². The largest absolute Gasteiger partial charge is 0.506 e. The molecule has 3 aromatic carbocycles. The number of carbonyl (C=O) groups excluding carboxylic acids is 3. The summed E-state index contributed by atoms with van der Waals surface area (Å²) in [5.41, 5.74) is -1.93. The molecule has 1 aromatic heterocycles. The first-order valence-corrected chi connectivity index (χ1v) is 15.8. The van der Waals surface area contributed by atoms with E-state index >= 15 is 0 Å². The highest BCUT2D eigenvalue weighted by Gasteiger charge is 2.48. The number of phenols is 1. The molecule has 0 amide bonds. The zero-order valence-corrected chi connectivity index (χ0v) is 28.2. The van der Waals surface area contributed by atoms with Gasteiger partial charge in [0.05, 0.1) is 20.3 Å². The molecule has 0 spiro atoms. The third-order valence-corrected chi connectivity index (χ3v) is 9.59. The van der Waals surface area contributed by atoms with Gasteiger partial charge >= 0.3 is 5.97 Å². The van der Waals surface area contributed by atoms with Crippen LogP contribution in [-0.4, -0.2) is 95.0 Å². The molecule has 3 heterocycles. The SMILES string of the molecule is COc1ccc(OC)c2c(=O)c3c(oc12)C(=O)c1ccc2c(O[C@@H]4O[C@H](C)[C@@H](OC)[C@H](OC)[C@H]4OC)c4c(c(O)c2c1C3=O)C(=O)OC(C)C4. The van der Waals surface area contributed by atoms with E-state index in [1.54, 1.807) is 13.8 Å². The molecular formula is C36H34O14. The minimum Gasteiger partial charge on any atom is -0.506 e. The molecule has 7 rings (SSSR count). The van der Waals surface area contributed by atoms with Gasteiger partial charge in [0, 0.05) is 55.2 Å². The van der Waals surface area contributed by atoms with Gasteiger partial charge in [-0.15, -0.1) is 0 Å². The molecule has 14 heteroatoms. The number of benzene rings is 3. The minimum absolute atomic E-state index is 0.0788. The van der Waals surface area contributed by atoms with Crippen molar-refractivity contribution in [2.24, 2.45) is 0 Å². The standard InChI is InChI=1S/C36H34O14/c1-13-12-17-22(35(41)47-13)26(38)21-16(30(17)50-36-34(46-7)33(45-6)29(44-5)14(2)48-36)9-8-15-20(21)27(39)24-28(40)23-18(42-3)10-11-19(43-4)31(23)49-32(24)25(15)37/h8-11,13-14,29,33-34,36,38H,12H2,1-7H3/t13?,14-,29-,33+,34-,36+/m1/s1. The Hall–Kier alpha value is -5.02. The van der Waals surface area contributed by atoms with Crippen LogP contribution >= 0.6 is 0 Å². The van der Waals surface area contributed by atoms with Crippen molar-refractivity contribution in [3.05, 3.63) is 68.1 Å². The molecule has 3 aliphatic rings. The topological polar surface area (TPSA) is 175 Å². The number of fused-ring (bicyclic) bond motifs is 6. The number of hydrogen-bond donors (Lipinski definition) is 1. The van der Waals surface area contributed by atoms with Gasteiger partial charge in [-0.2, -0.15) is 0 Å². The monoisotopic (exact) mass is 690 g/mol. The smallest absolute Gasteiger partial charge is 0.342 e. The van der Waals surface area contributed by atoms with Crippen LogP contribution in [0.1, 0.15) is 61.8 Å². The fraction of sp³-hybridized carbons (Fsp3) is 0.389. The summed E-state index contributed by atoms with van der Waals surface area (Å²) in [4.78, 5) is 56.1. The van der Waals surface area contributed by atoms with Gasteiger partial charge < -0.3 is 47.4 Å². The van der Waals surface area contributed by atoms with Crippen LogP contribution in [0.25, 0.3) is 21.7 Å². The molecule has 6 atom stereocenters. The van der Waals surface area contributed by atoms with E-state index in [-0.39, 0.29) is 62.1 Å². The molecule has 0 bridgehead atoms. The summed E-state index contributed by atoms with van der Waals surface area (Å²) in [5, 5.41) is 11.7. The summed E-state index contributed by atoms with van der Waals surface area (Å²) < 4.78 is 52.1. The summed E-state index contributed by atoms with van der Waals surface area (Å²) in [6.45, 7) is 3.47. The molecule has 1 N–H and O–H groups in total. The van der Waals surface area contributed by atoms with E-state index in [2.05, 4.69) is 0 Å². The van der Waals surface area contributed by atoms with Crippen molar-refractivity contribution in [2.45, 2.75) is 57.1 Å². The van der Waals surface area contributed by atoms with Crippen molar-refractivity contribution in [2.75, 3.05) is 35.5 Å². The zero-order valence-electron chi connectivity index (χ0n) is 28.2. The van der Waals surface area contributed by atoms with E-state index in [1.165, 1.54) is 59.8 Å². The molecule has 1 fully saturated rings. The Kier molecular flexibility index (Phi) is 8.29. The first-order valence-electron chi connectivity index (χ1n) is 15.8. The number of aromatic hydroxyl groups is 1. The number of rotatable bonds is 7. The fourth-order valence-corrected chi connectivity index (χ4v) is 7.34. The highest BCUT2D eigenvalue weighted by molar-refractivity contribution is 6.33. The molecule has 0 saturated carbocycles. The molecule has 1 saturated heterocycles. The maximum absolute atomic E-state index is 14.5. The van der Waals surface area contributed by atoms with Gasteiger partial charge in [-0.05, 0) is 38.1 Å². The number of cyclic esters (lactones) is 1. The number of ether oxygens (including phenoxy) is 8. The summed E-state index contributed by atoms with van der Waals surface area (Å²) in [6, 6.07) is 5.85.